The van der Waals surface area contributed by atoms with Crippen LogP contribution in [0, 0.1) is 0 Å². The summed E-state index contributed by atoms with van der Waals surface area (Å²) < 4.78 is 11.8. The summed E-state index contributed by atoms with van der Waals surface area (Å²) >= 11 is 6.45. The lowest BCUT2D eigenvalue weighted by atomic mass is 10.1. The van der Waals surface area contributed by atoms with Gasteiger partial charge in [-0.1, -0.05) is 41.9 Å². The van der Waals surface area contributed by atoms with Crippen molar-refractivity contribution in [3.05, 3.63) is 59.1 Å². The predicted octanol–water partition coefficient (Wildman–Crippen LogP) is 5.79. The molecule has 0 aromatic heterocycles. The molecule has 1 fully saturated rings. The second-order valence-electron chi connectivity index (χ2n) is 9.03. The molecule has 3 rings (SSSR count). The summed E-state index contributed by atoms with van der Waals surface area (Å²) in [4.78, 5) is 15.0. The minimum Gasteiger partial charge on any atom is -0.486 e. The SMILES string of the molecule is CC(C)(C)OC(=O)[C@H]1[C@@H](c2ccccc2Cl)N1c1ccccc1OC(C)(C)C. The van der Waals surface area contributed by atoms with Gasteiger partial charge >= 0.3 is 5.97 Å². The molecule has 1 aliphatic rings. The highest BCUT2D eigenvalue weighted by Gasteiger charge is 2.56. The highest BCUT2D eigenvalue weighted by Crippen LogP contribution is 2.52. The zero-order valence-corrected chi connectivity index (χ0v) is 18.1. The topological polar surface area (TPSA) is 38.5 Å². The van der Waals surface area contributed by atoms with E-state index < -0.39 is 11.6 Å². The molecule has 1 heterocycles. The van der Waals surface area contributed by atoms with Crippen LogP contribution in [0.2, 0.25) is 5.02 Å². The van der Waals surface area contributed by atoms with Crippen molar-refractivity contribution in [2.24, 2.45) is 0 Å². The van der Waals surface area contributed by atoms with Crippen molar-refractivity contribution in [1.82, 2.24) is 0 Å². The molecular formula is C23H28ClNO3. The fourth-order valence-corrected chi connectivity index (χ4v) is 3.50. The highest BCUT2D eigenvalue weighted by molar-refractivity contribution is 6.31. The largest absolute Gasteiger partial charge is 0.486 e. The molecule has 4 nitrogen and oxygen atoms in total. The van der Waals surface area contributed by atoms with Crippen molar-refractivity contribution >= 4 is 23.3 Å². The van der Waals surface area contributed by atoms with E-state index in [1.54, 1.807) is 0 Å². The zero-order chi connectivity index (χ0) is 20.7. The number of anilines is 1. The van der Waals surface area contributed by atoms with Gasteiger partial charge in [-0.25, -0.2) is 4.79 Å². The maximum absolute atomic E-state index is 12.9. The van der Waals surface area contributed by atoms with Crippen molar-refractivity contribution in [2.75, 3.05) is 4.90 Å². The molecule has 2 aromatic carbocycles. The Balaban J connectivity index is 2.00. The number of nitrogens with zero attached hydrogens (tertiary/aromatic N) is 1. The molecule has 0 bridgehead atoms. The van der Waals surface area contributed by atoms with Crippen LogP contribution in [0.1, 0.15) is 53.1 Å². The van der Waals surface area contributed by atoms with Gasteiger partial charge in [0, 0.05) is 5.02 Å². The molecule has 1 aliphatic heterocycles. The number of halogens is 1. The maximum atomic E-state index is 12.9. The molecule has 5 heteroatoms. The number of para-hydroxylation sites is 2. The summed E-state index contributed by atoms with van der Waals surface area (Å²) in [7, 11) is 0. The Morgan fingerprint density at radius 2 is 1.54 bits per heavy atom. The Hall–Kier alpha value is -2.20. The summed E-state index contributed by atoms with van der Waals surface area (Å²) in [6.45, 7) is 11.6. The molecule has 150 valence electrons. The quantitative estimate of drug-likeness (QED) is 0.480. The van der Waals surface area contributed by atoms with E-state index in [2.05, 4.69) is 0 Å². The van der Waals surface area contributed by atoms with Gasteiger partial charge in [-0.3, -0.25) is 0 Å². The second-order valence-corrected chi connectivity index (χ2v) is 9.44. The van der Waals surface area contributed by atoms with Crippen LogP contribution >= 0.6 is 11.6 Å². The van der Waals surface area contributed by atoms with Gasteiger partial charge in [-0.2, -0.15) is 0 Å². The van der Waals surface area contributed by atoms with Gasteiger partial charge < -0.3 is 14.4 Å². The van der Waals surface area contributed by atoms with Crippen molar-refractivity contribution in [2.45, 2.75) is 64.8 Å². The van der Waals surface area contributed by atoms with Gasteiger partial charge in [-0.15, -0.1) is 0 Å². The van der Waals surface area contributed by atoms with E-state index in [0.717, 1.165) is 17.0 Å². The first-order valence-electron chi connectivity index (χ1n) is 9.51. The van der Waals surface area contributed by atoms with Crippen LogP contribution in [0.3, 0.4) is 0 Å². The molecule has 0 N–H and O–H groups in total. The van der Waals surface area contributed by atoms with E-state index in [9.17, 15) is 4.79 Å². The van der Waals surface area contributed by atoms with Gasteiger partial charge in [0.15, 0.2) is 6.04 Å². The first-order chi connectivity index (χ1) is 13.0. The lowest BCUT2D eigenvalue weighted by molar-refractivity contribution is -0.154. The molecule has 0 saturated carbocycles. The van der Waals surface area contributed by atoms with Crippen molar-refractivity contribution in [1.29, 1.82) is 0 Å². The molecule has 28 heavy (non-hydrogen) atoms. The number of ether oxygens (including phenoxy) is 2. The number of esters is 1. The molecule has 0 amide bonds. The van der Waals surface area contributed by atoms with E-state index in [4.69, 9.17) is 21.1 Å². The lowest BCUT2D eigenvalue weighted by Crippen LogP contribution is -2.28. The van der Waals surface area contributed by atoms with Gasteiger partial charge in [0.05, 0.1) is 11.7 Å². The normalized spacial score (nSPS) is 19.3. The van der Waals surface area contributed by atoms with Crippen LogP contribution in [-0.2, 0) is 9.53 Å². The minimum atomic E-state index is -0.558. The molecular weight excluding hydrogens is 374 g/mol. The Morgan fingerprint density at radius 1 is 0.929 bits per heavy atom. The molecule has 0 unspecified atom stereocenters. The number of hydrogen-bond acceptors (Lipinski definition) is 4. The number of carbonyl (C=O) groups excluding carboxylic acids is 1. The van der Waals surface area contributed by atoms with Crippen molar-refractivity contribution < 1.29 is 14.3 Å². The zero-order valence-electron chi connectivity index (χ0n) is 17.3. The molecule has 1 saturated heterocycles. The lowest BCUT2D eigenvalue weighted by Gasteiger charge is -2.24. The molecule has 0 radical (unpaired) electrons. The van der Waals surface area contributed by atoms with E-state index in [1.165, 1.54) is 0 Å². The summed E-state index contributed by atoms with van der Waals surface area (Å²) in [6.07, 6.45) is 0. The Kier molecular flexibility index (Phi) is 5.37. The summed E-state index contributed by atoms with van der Waals surface area (Å²) in [5, 5.41) is 0.637. The standard InChI is InChI=1S/C23H28ClNO3/c1-22(2,3)27-18-14-10-9-13-17(18)25-19(15-11-7-8-12-16(15)24)20(25)21(26)28-23(4,5)6/h7-14,19-20H,1-6H3/t19-,20-,25?/m1/s1. The van der Waals surface area contributed by atoms with E-state index in [-0.39, 0.29) is 17.6 Å². The number of benzene rings is 2. The number of carbonyl (C=O) groups is 1. The minimum absolute atomic E-state index is 0.187. The Bertz CT molecular complexity index is 867. The fraction of sp³-hybridized carbons (Fsp3) is 0.435. The average Bonchev–Trinajstić information content (AvgIpc) is 3.28. The van der Waals surface area contributed by atoms with Crippen LogP contribution in [0.5, 0.6) is 5.75 Å². The number of rotatable bonds is 4. The van der Waals surface area contributed by atoms with Crippen LogP contribution in [-0.4, -0.2) is 23.2 Å². The third kappa shape index (κ3) is 4.61. The van der Waals surface area contributed by atoms with Crippen LogP contribution in [0.25, 0.3) is 0 Å². The molecule has 0 spiro atoms. The summed E-state index contributed by atoms with van der Waals surface area (Å²) in [6, 6.07) is 14.8. The monoisotopic (exact) mass is 401 g/mol. The molecule has 2 atom stereocenters. The van der Waals surface area contributed by atoms with Gasteiger partial charge in [0.2, 0.25) is 0 Å². The van der Waals surface area contributed by atoms with Crippen LogP contribution in [0.15, 0.2) is 48.5 Å². The summed E-state index contributed by atoms with van der Waals surface area (Å²) in [5.74, 6) is 0.473. The third-order valence-electron chi connectivity index (χ3n) is 4.24. The first kappa shape index (κ1) is 20.5. The van der Waals surface area contributed by atoms with Crippen molar-refractivity contribution in [3.8, 4) is 5.75 Å². The van der Waals surface area contributed by atoms with E-state index in [1.807, 2.05) is 95.0 Å². The van der Waals surface area contributed by atoms with Gasteiger partial charge in [-0.05, 0) is 65.3 Å². The van der Waals surface area contributed by atoms with E-state index >= 15 is 0 Å². The second kappa shape index (κ2) is 7.32. The van der Waals surface area contributed by atoms with Crippen molar-refractivity contribution in [3.63, 3.8) is 0 Å². The van der Waals surface area contributed by atoms with Gasteiger partial charge in [0.1, 0.15) is 17.0 Å². The van der Waals surface area contributed by atoms with Gasteiger partial charge in [0.25, 0.3) is 0 Å². The average molecular weight is 402 g/mol. The Morgan fingerprint density at radius 3 is 2.14 bits per heavy atom. The maximum Gasteiger partial charge on any atom is 0.331 e. The smallest absolute Gasteiger partial charge is 0.331 e. The number of hydrogen-bond donors (Lipinski definition) is 0. The third-order valence-corrected chi connectivity index (χ3v) is 4.58. The summed E-state index contributed by atoms with van der Waals surface area (Å²) in [5.41, 5.74) is 0.856. The first-order valence-corrected chi connectivity index (χ1v) is 9.89. The fourth-order valence-electron chi connectivity index (χ4n) is 3.26. The van der Waals surface area contributed by atoms with Crippen LogP contribution < -0.4 is 9.64 Å². The predicted molar refractivity (Wildman–Crippen MR) is 113 cm³/mol. The Labute approximate surface area is 172 Å². The highest BCUT2D eigenvalue weighted by atomic mass is 35.5. The van der Waals surface area contributed by atoms with Crippen LogP contribution in [0.4, 0.5) is 5.69 Å². The molecule has 0 aliphatic carbocycles. The molecule has 2 aromatic rings. The van der Waals surface area contributed by atoms with E-state index in [0.29, 0.717) is 5.02 Å².